The predicted molar refractivity (Wildman–Crippen MR) is 76.0 cm³/mol. The highest BCUT2D eigenvalue weighted by Gasteiger charge is 2.20. The van der Waals surface area contributed by atoms with Gasteiger partial charge in [0.25, 0.3) is 0 Å². The second kappa shape index (κ2) is 8.12. The van der Waals surface area contributed by atoms with Crippen molar-refractivity contribution in [2.45, 2.75) is 19.3 Å². The highest BCUT2D eigenvalue weighted by atomic mass is 35.5. The summed E-state index contributed by atoms with van der Waals surface area (Å²) < 4.78 is 12.9. The number of hydrogen-bond acceptors (Lipinski definition) is 2. The molecule has 1 saturated carbocycles. The van der Waals surface area contributed by atoms with E-state index in [0.717, 1.165) is 18.0 Å². The van der Waals surface area contributed by atoms with Gasteiger partial charge in [0.1, 0.15) is 5.82 Å². The molecule has 1 amide bonds. The molecule has 0 atom stereocenters. The van der Waals surface area contributed by atoms with Crippen molar-refractivity contribution in [1.29, 1.82) is 0 Å². The van der Waals surface area contributed by atoms with E-state index in [2.05, 4.69) is 10.6 Å². The van der Waals surface area contributed by atoms with E-state index in [1.165, 1.54) is 25.0 Å². The van der Waals surface area contributed by atoms with E-state index in [4.69, 9.17) is 0 Å². The first kappa shape index (κ1) is 15.9. The molecule has 0 bridgehead atoms. The second-order valence-electron chi connectivity index (χ2n) is 4.80. The minimum absolute atomic E-state index is 0. The average Bonchev–Trinajstić information content (AvgIpc) is 3.13. The van der Waals surface area contributed by atoms with E-state index < -0.39 is 0 Å². The van der Waals surface area contributed by atoms with Crippen molar-refractivity contribution >= 4 is 18.3 Å². The summed E-state index contributed by atoms with van der Waals surface area (Å²) in [5.41, 5.74) is 0.904. The first-order valence-corrected chi connectivity index (χ1v) is 6.46. The smallest absolute Gasteiger partial charge is 0.233 e. The van der Waals surface area contributed by atoms with Crippen molar-refractivity contribution in [3.05, 3.63) is 35.6 Å². The summed E-state index contributed by atoms with van der Waals surface area (Å²) in [6.45, 7) is 1.87. The monoisotopic (exact) mass is 286 g/mol. The summed E-state index contributed by atoms with van der Waals surface area (Å²) in [5, 5.41) is 5.95. The summed E-state index contributed by atoms with van der Waals surface area (Å²) in [6.07, 6.45) is 3.23. The number of carbonyl (C=O) groups excluding carboxylic acids is 1. The van der Waals surface area contributed by atoms with Crippen LogP contribution in [0.25, 0.3) is 0 Å². The third kappa shape index (κ3) is 6.55. The summed E-state index contributed by atoms with van der Waals surface area (Å²) in [4.78, 5) is 11.5. The number of amides is 1. The molecule has 1 aromatic carbocycles. The molecule has 0 saturated heterocycles. The van der Waals surface area contributed by atoms with E-state index in [9.17, 15) is 9.18 Å². The van der Waals surface area contributed by atoms with Gasteiger partial charge in [-0.15, -0.1) is 12.4 Å². The normalized spacial score (nSPS) is 13.7. The van der Waals surface area contributed by atoms with Gasteiger partial charge in [0.15, 0.2) is 0 Å². The van der Waals surface area contributed by atoms with Gasteiger partial charge in [-0.05, 0) is 49.4 Å². The molecule has 2 rings (SSSR count). The standard InChI is InChI=1S/C14H19FN2O.ClH/c15-13-3-1-2-11(8-13)6-7-17-14(18)10-16-9-12-4-5-12;/h1-3,8,12,16H,4-7,9-10H2,(H,17,18);1H. The van der Waals surface area contributed by atoms with Gasteiger partial charge >= 0.3 is 0 Å². The molecule has 0 spiro atoms. The van der Waals surface area contributed by atoms with Crippen molar-refractivity contribution in [3.63, 3.8) is 0 Å². The maximum atomic E-state index is 12.9. The first-order valence-electron chi connectivity index (χ1n) is 6.46. The molecular formula is C14H20ClFN2O. The molecule has 1 aromatic rings. The largest absolute Gasteiger partial charge is 0.355 e. The topological polar surface area (TPSA) is 41.1 Å². The summed E-state index contributed by atoms with van der Waals surface area (Å²) in [6, 6.07) is 6.46. The lowest BCUT2D eigenvalue weighted by Gasteiger charge is -2.06. The van der Waals surface area contributed by atoms with Crippen LogP contribution in [0.5, 0.6) is 0 Å². The zero-order valence-corrected chi connectivity index (χ0v) is 11.6. The predicted octanol–water partition coefficient (Wildman–Crippen LogP) is 1.91. The van der Waals surface area contributed by atoms with Gasteiger partial charge in [-0.3, -0.25) is 4.79 Å². The van der Waals surface area contributed by atoms with Crippen LogP contribution in [-0.4, -0.2) is 25.5 Å². The Kier molecular flexibility index (Phi) is 6.81. The minimum atomic E-state index is -0.232. The van der Waals surface area contributed by atoms with E-state index in [0.29, 0.717) is 19.5 Å². The Morgan fingerprint density at radius 3 is 2.84 bits per heavy atom. The number of rotatable bonds is 7. The summed E-state index contributed by atoms with van der Waals surface area (Å²) in [7, 11) is 0. The lowest BCUT2D eigenvalue weighted by Crippen LogP contribution is -2.35. The van der Waals surface area contributed by atoms with Crippen molar-refractivity contribution in [3.8, 4) is 0 Å². The Morgan fingerprint density at radius 1 is 1.37 bits per heavy atom. The number of carbonyl (C=O) groups is 1. The molecule has 0 aliphatic heterocycles. The molecule has 19 heavy (non-hydrogen) atoms. The Hall–Kier alpha value is -1.13. The molecule has 0 aromatic heterocycles. The van der Waals surface area contributed by atoms with Gasteiger partial charge in [0.05, 0.1) is 6.54 Å². The molecule has 1 aliphatic carbocycles. The van der Waals surface area contributed by atoms with E-state index in [1.807, 2.05) is 6.07 Å². The van der Waals surface area contributed by atoms with Gasteiger partial charge in [0.2, 0.25) is 5.91 Å². The van der Waals surface area contributed by atoms with Crippen LogP contribution >= 0.6 is 12.4 Å². The zero-order chi connectivity index (χ0) is 12.8. The lowest BCUT2D eigenvalue weighted by molar-refractivity contribution is -0.120. The molecule has 1 aliphatic rings. The molecule has 106 valence electrons. The minimum Gasteiger partial charge on any atom is -0.355 e. The Bertz CT molecular complexity index is 410. The van der Waals surface area contributed by atoms with Crippen molar-refractivity contribution in [2.24, 2.45) is 5.92 Å². The Morgan fingerprint density at radius 2 is 2.16 bits per heavy atom. The summed E-state index contributed by atoms with van der Waals surface area (Å²) >= 11 is 0. The van der Waals surface area contributed by atoms with Crippen molar-refractivity contribution in [2.75, 3.05) is 19.6 Å². The van der Waals surface area contributed by atoms with E-state index >= 15 is 0 Å². The van der Waals surface area contributed by atoms with Crippen LogP contribution in [-0.2, 0) is 11.2 Å². The van der Waals surface area contributed by atoms with E-state index in [1.54, 1.807) is 6.07 Å². The van der Waals surface area contributed by atoms with Gasteiger partial charge in [0, 0.05) is 6.54 Å². The SMILES string of the molecule is Cl.O=C(CNCC1CC1)NCCc1cccc(F)c1. The zero-order valence-electron chi connectivity index (χ0n) is 10.8. The lowest BCUT2D eigenvalue weighted by atomic mass is 10.1. The molecule has 2 N–H and O–H groups in total. The van der Waals surface area contributed by atoms with Gasteiger partial charge < -0.3 is 10.6 Å². The maximum absolute atomic E-state index is 12.9. The number of hydrogen-bond donors (Lipinski definition) is 2. The molecule has 0 unspecified atom stereocenters. The Balaban J connectivity index is 0.00000180. The van der Waals surface area contributed by atoms with Crippen LogP contribution in [0.2, 0.25) is 0 Å². The first-order chi connectivity index (χ1) is 8.74. The number of benzene rings is 1. The van der Waals surface area contributed by atoms with Crippen LogP contribution in [0.3, 0.4) is 0 Å². The maximum Gasteiger partial charge on any atom is 0.233 e. The van der Waals surface area contributed by atoms with Crippen molar-refractivity contribution in [1.82, 2.24) is 10.6 Å². The number of halogens is 2. The molecular weight excluding hydrogens is 267 g/mol. The summed E-state index contributed by atoms with van der Waals surface area (Å²) in [5.74, 6) is 0.557. The highest BCUT2D eigenvalue weighted by Crippen LogP contribution is 2.27. The average molecular weight is 287 g/mol. The quantitative estimate of drug-likeness (QED) is 0.804. The molecule has 5 heteroatoms. The molecule has 0 radical (unpaired) electrons. The van der Waals surface area contributed by atoms with Gasteiger partial charge in [-0.2, -0.15) is 0 Å². The van der Waals surface area contributed by atoms with Crippen LogP contribution in [0.15, 0.2) is 24.3 Å². The van der Waals surface area contributed by atoms with Gasteiger partial charge in [-0.1, -0.05) is 12.1 Å². The highest BCUT2D eigenvalue weighted by molar-refractivity contribution is 5.85. The fraction of sp³-hybridized carbons (Fsp3) is 0.500. The fourth-order valence-electron chi connectivity index (χ4n) is 1.81. The molecule has 3 nitrogen and oxygen atoms in total. The molecule has 0 heterocycles. The van der Waals surface area contributed by atoms with E-state index in [-0.39, 0.29) is 24.1 Å². The molecule has 1 fully saturated rings. The van der Waals surface area contributed by atoms with Crippen LogP contribution in [0.1, 0.15) is 18.4 Å². The third-order valence-electron chi connectivity index (χ3n) is 3.04. The fourth-order valence-corrected chi connectivity index (χ4v) is 1.81. The third-order valence-corrected chi connectivity index (χ3v) is 3.04. The van der Waals surface area contributed by atoms with Gasteiger partial charge in [-0.25, -0.2) is 4.39 Å². The van der Waals surface area contributed by atoms with Crippen LogP contribution in [0.4, 0.5) is 4.39 Å². The van der Waals surface area contributed by atoms with Crippen LogP contribution in [0, 0.1) is 11.7 Å². The second-order valence-corrected chi connectivity index (χ2v) is 4.80. The Labute approximate surface area is 119 Å². The van der Waals surface area contributed by atoms with Crippen LogP contribution < -0.4 is 10.6 Å². The number of nitrogens with one attached hydrogen (secondary N) is 2. The van der Waals surface area contributed by atoms with Crippen molar-refractivity contribution < 1.29 is 9.18 Å².